The molecule has 0 aliphatic carbocycles. The lowest BCUT2D eigenvalue weighted by molar-refractivity contribution is 0.0334. The third kappa shape index (κ3) is 3.95. The first kappa shape index (κ1) is 15.3. The van der Waals surface area contributed by atoms with E-state index >= 15 is 0 Å². The van der Waals surface area contributed by atoms with Crippen molar-refractivity contribution in [3.8, 4) is 5.75 Å². The van der Waals surface area contributed by atoms with E-state index in [-0.39, 0.29) is 0 Å². The summed E-state index contributed by atoms with van der Waals surface area (Å²) in [4.78, 5) is 2.46. The molecule has 1 aromatic rings. The number of benzene rings is 1. The molecule has 1 N–H and O–H groups in total. The predicted molar refractivity (Wildman–Crippen MR) is 81.4 cm³/mol. The number of nitrogens with one attached hydrogen (secondary N) is 1. The lowest BCUT2D eigenvalue weighted by atomic mass is 10.0. The van der Waals surface area contributed by atoms with Crippen molar-refractivity contribution in [1.29, 1.82) is 0 Å². The van der Waals surface area contributed by atoms with Gasteiger partial charge in [-0.1, -0.05) is 24.6 Å². The average molecular weight is 278 g/mol. The van der Waals surface area contributed by atoms with Crippen LogP contribution < -0.4 is 10.1 Å². The summed E-state index contributed by atoms with van der Waals surface area (Å²) in [5.41, 5.74) is 2.52. The van der Waals surface area contributed by atoms with E-state index in [0.717, 1.165) is 45.1 Å². The molecule has 0 bridgehead atoms. The minimum Gasteiger partial charge on any atom is -0.496 e. The van der Waals surface area contributed by atoms with Gasteiger partial charge in [0.15, 0.2) is 0 Å². The van der Waals surface area contributed by atoms with Gasteiger partial charge in [-0.25, -0.2) is 0 Å². The first-order valence-electron chi connectivity index (χ1n) is 7.42. The zero-order valence-corrected chi connectivity index (χ0v) is 12.8. The Morgan fingerprint density at radius 3 is 2.75 bits per heavy atom. The van der Waals surface area contributed by atoms with E-state index in [9.17, 15) is 0 Å². The van der Waals surface area contributed by atoms with Crippen molar-refractivity contribution in [3.63, 3.8) is 0 Å². The number of rotatable bonds is 6. The minimum absolute atomic E-state index is 0.299. The molecule has 20 heavy (non-hydrogen) atoms. The van der Waals surface area contributed by atoms with Crippen LogP contribution >= 0.6 is 0 Å². The van der Waals surface area contributed by atoms with Crippen LogP contribution in [0, 0.1) is 6.92 Å². The number of morpholine rings is 1. The fourth-order valence-corrected chi connectivity index (χ4v) is 2.69. The van der Waals surface area contributed by atoms with Gasteiger partial charge in [0.1, 0.15) is 5.75 Å². The topological polar surface area (TPSA) is 33.7 Å². The Morgan fingerprint density at radius 1 is 1.35 bits per heavy atom. The maximum atomic E-state index is 5.53. The molecule has 1 saturated heterocycles. The molecular formula is C16H26N2O2. The Kier molecular flexibility index (Phi) is 5.83. The van der Waals surface area contributed by atoms with E-state index in [1.807, 2.05) is 0 Å². The van der Waals surface area contributed by atoms with Crippen LogP contribution in [0.4, 0.5) is 0 Å². The predicted octanol–water partition coefficient (Wildman–Crippen LogP) is 1.99. The molecular weight excluding hydrogens is 252 g/mol. The van der Waals surface area contributed by atoms with E-state index < -0.39 is 0 Å². The summed E-state index contributed by atoms with van der Waals surface area (Å²) in [6.07, 6.45) is 0. The van der Waals surface area contributed by atoms with Gasteiger partial charge in [-0.15, -0.1) is 0 Å². The molecule has 1 heterocycles. The maximum Gasteiger partial charge on any atom is 0.123 e. The third-order valence-electron chi connectivity index (χ3n) is 3.76. The highest BCUT2D eigenvalue weighted by molar-refractivity contribution is 5.39. The molecule has 1 fully saturated rings. The number of ether oxygens (including phenoxy) is 2. The summed E-state index contributed by atoms with van der Waals surface area (Å²) in [7, 11) is 1.74. The lowest BCUT2D eigenvalue weighted by Gasteiger charge is -2.31. The van der Waals surface area contributed by atoms with Gasteiger partial charge in [0.2, 0.25) is 0 Å². The van der Waals surface area contributed by atoms with Crippen LogP contribution in [0.3, 0.4) is 0 Å². The SMILES string of the molecule is CCNC(CN1CCOCC1)c1cc(C)ccc1OC. The number of methoxy groups -OCH3 is 1. The van der Waals surface area contributed by atoms with Crippen molar-refractivity contribution in [3.05, 3.63) is 29.3 Å². The molecule has 4 nitrogen and oxygen atoms in total. The van der Waals surface area contributed by atoms with Crippen LogP contribution in [0.15, 0.2) is 18.2 Å². The Hall–Kier alpha value is -1.10. The molecule has 112 valence electrons. The lowest BCUT2D eigenvalue weighted by Crippen LogP contribution is -2.42. The zero-order valence-electron chi connectivity index (χ0n) is 12.8. The first-order chi connectivity index (χ1) is 9.74. The molecule has 0 amide bonds. The van der Waals surface area contributed by atoms with Crippen molar-refractivity contribution in [2.45, 2.75) is 19.9 Å². The molecule has 0 spiro atoms. The second kappa shape index (κ2) is 7.62. The van der Waals surface area contributed by atoms with Crippen molar-refractivity contribution in [2.75, 3.05) is 46.5 Å². The van der Waals surface area contributed by atoms with Crippen LogP contribution in [-0.4, -0.2) is 51.4 Å². The molecule has 1 atom stereocenters. The molecule has 1 aliphatic rings. The molecule has 1 unspecified atom stereocenters. The van der Waals surface area contributed by atoms with E-state index in [2.05, 4.69) is 42.3 Å². The van der Waals surface area contributed by atoms with Gasteiger partial charge >= 0.3 is 0 Å². The van der Waals surface area contributed by atoms with Crippen molar-refractivity contribution in [1.82, 2.24) is 10.2 Å². The Bertz CT molecular complexity index is 417. The number of aryl methyl sites for hydroxylation is 1. The fraction of sp³-hybridized carbons (Fsp3) is 0.625. The van der Waals surface area contributed by atoms with E-state index in [1.54, 1.807) is 7.11 Å². The highest BCUT2D eigenvalue weighted by Gasteiger charge is 2.20. The van der Waals surface area contributed by atoms with Crippen LogP contribution in [-0.2, 0) is 4.74 Å². The van der Waals surface area contributed by atoms with Crippen LogP contribution in [0.1, 0.15) is 24.1 Å². The molecule has 1 aliphatic heterocycles. The van der Waals surface area contributed by atoms with E-state index in [4.69, 9.17) is 9.47 Å². The summed E-state index contributed by atoms with van der Waals surface area (Å²) in [6, 6.07) is 6.69. The summed E-state index contributed by atoms with van der Waals surface area (Å²) in [5, 5.41) is 3.59. The molecule has 0 radical (unpaired) electrons. The minimum atomic E-state index is 0.299. The number of likely N-dealkylation sites (N-methyl/N-ethyl adjacent to an activating group) is 1. The molecule has 2 rings (SSSR count). The summed E-state index contributed by atoms with van der Waals surface area (Å²) >= 11 is 0. The molecule has 1 aromatic carbocycles. The van der Waals surface area contributed by atoms with Crippen molar-refractivity contribution in [2.24, 2.45) is 0 Å². The largest absolute Gasteiger partial charge is 0.496 e. The monoisotopic (exact) mass is 278 g/mol. The molecule has 0 aromatic heterocycles. The Balaban J connectivity index is 2.16. The van der Waals surface area contributed by atoms with Crippen molar-refractivity contribution >= 4 is 0 Å². The van der Waals surface area contributed by atoms with Crippen LogP contribution in [0.2, 0.25) is 0 Å². The number of nitrogens with zero attached hydrogens (tertiary/aromatic N) is 1. The van der Waals surface area contributed by atoms with Gasteiger partial charge in [-0.2, -0.15) is 0 Å². The quantitative estimate of drug-likeness (QED) is 0.863. The van der Waals surface area contributed by atoms with E-state index in [0.29, 0.717) is 6.04 Å². The van der Waals surface area contributed by atoms with Crippen LogP contribution in [0.25, 0.3) is 0 Å². The average Bonchev–Trinajstić information content (AvgIpc) is 2.48. The highest BCUT2D eigenvalue weighted by atomic mass is 16.5. The molecule has 0 saturated carbocycles. The normalized spacial score (nSPS) is 17.9. The Labute approximate surface area is 122 Å². The second-order valence-corrected chi connectivity index (χ2v) is 5.27. The fourth-order valence-electron chi connectivity index (χ4n) is 2.69. The number of hydrogen-bond donors (Lipinski definition) is 1. The summed E-state index contributed by atoms with van der Waals surface area (Å²) in [5.74, 6) is 0.967. The second-order valence-electron chi connectivity index (χ2n) is 5.27. The van der Waals surface area contributed by atoms with E-state index in [1.165, 1.54) is 11.1 Å². The standard InChI is InChI=1S/C16H26N2O2/c1-4-17-15(12-18-7-9-20-10-8-18)14-11-13(2)5-6-16(14)19-3/h5-6,11,15,17H,4,7-10,12H2,1-3H3. The van der Waals surface area contributed by atoms with Gasteiger partial charge in [0, 0.05) is 31.2 Å². The summed E-state index contributed by atoms with van der Waals surface area (Å²) < 4.78 is 11.0. The number of hydrogen-bond acceptors (Lipinski definition) is 4. The van der Waals surface area contributed by atoms with Gasteiger partial charge in [-0.3, -0.25) is 4.90 Å². The van der Waals surface area contributed by atoms with Crippen molar-refractivity contribution < 1.29 is 9.47 Å². The highest BCUT2D eigenvalue weighted by Crippen LogP contribution is 2.27. The smallest absolute Gasteiger partial charge is 0.123 e. The first-order valence-corrected chi connectivity index (χ1v) is 7.42. The molecule has 4 heteroatoms. The zero-order chi connectivity index (χ0) is 14.4. The van der Waals surface area contributed by atoms with Gasteiger partial charge in [0.05, 0.1) is 20.3 Å². The van der Waals surface area contributed by atoms with Gasteiger partial charge in [0.25, 0.3) is 0 Å². The van der Waals surface area contributed by atoms with Gasteiger partial charge < -0.3 is 14.8 Å². The van der Waals surface area contributed by atoms with Crippen LogP contribution in [0.5, 0.6) is 5.75 Å². The summed E-state index contributed by atoms with van der Waals surface area (Å²) in [6.45, 7) is 9.91. The Morgan fingerprint density at radius 2 is 2.10 bits per heavy atom. The maximum absolute atomic E-state index is 5.53. The van der Waals surface area contributed by atoms with Gasteiger partial charge in [-0.05, 0) is 19.5 Å². The third-order valence-corrected chi connectivity index (χ3v) is 3.76.